The SMILES string of the molecule is COc1cccc(Cl)c1CC(=O)NC(C)(C)CCC(=O)O. The highest BCUT2D eigenvalue weighted by Gasteiger charge is 2.22. The molecule has 21 heavy (non-hydrogen) atoms. The van der Waals surface area contributed by atoms with Gasteiger partial charge in [-0.3, -0.25) is 9.59 Å². The lowest BCUT2D eigenvalue weighted by Crippen LogP contribution is -2.44. The number of methoxy groups -OCH3 is 1. The second-order valence-electron chi connectivity index (χ2n) is 5.42. The van der Waals surface area contributed by atoms with Crippen molar-refractivity contribution < 1.29 is 19.4 Å². The number of nitrogens with one attached hydrogen (secondary N) is 1. The minimum atomic E-state index is -0.884. The van der Waals surface area contributed by atoms with Gasteiger partial charge in [0, 0.05) is 22.5 Å². The van der Waals surface area contributed by atoms with Crippen molar-refractivity contribution in [3.63, 3.8) is 0 Å². The van der Waals surface area contributed by atoms with Crippen LogP contribution < -0.4 is 10.1 Å². The van der Waals surface area contributed by atoms with Gasteiger partial charge in [-0.15, -0.1) is 0 Å². The third kappa shape index (κ3) is 5.63. The van der Waals surface area contributed by atoms with Crippen LogP contribution in [0.3, 0.4) is 0 Å². The molecule has 0 saturated heterocycles. The molecule has 1 aromatic rings. The second-order valence-corrected chi connectivity index (χ2v) is 5.83. The molecule has 1 aromatic carbocycles. The van der Waals surface area contributed by atoms with E-state index in [1.54, 1.807) is 32.0 Å². The van der Waals surface area contributed by atoms with Gasteiger partial charge in [0.2, 0.25) is 5.91 Å². The highest BCUT2D eigenvalue weighted by Crippen LogP contribution is 2.26. The van der Waals surface area contributed by atoms with E-state index in [1.165, 1.54) is 7.11 Å². The zero-order valence-corrected chi connectivity index (χ0v) is 13.2. The fourth-order valence-electron chi connectivity index (χ4n) is 1.97. The summed E-state index contributed by atoms with van der Waals surface area (Å²) >= 11 is 6.09. The molecule has 0 radical (unpaired) electrons. The summed E-state index contributed by atoms with van der Waals surface area (Å²) in [6.45, 7) is 3.58. The number of amides is 1. The zero-order valence-electron chi connectivity index (χ0n) is 12.4. The summed E-state index contributed by atoms with van der Waals surface area (Å²) in [6, 6.07) is 5.19. The first-order chi connectivity index (χ1) is 9.75. The highest BCUT2D eigenvalue weighted by molar-refractivity contribution is 6.31. The van der Waals surface area contributed by atoms with E-state index in [4.69, 9.17) is 21.4 Å². The van der Waals surface area contributed by atoms with E-state index in [0.29, 0.717) is 22.8 Å². The number of aliphatic carboxylic acids is 1. The predicted octanol–water partition coefficient (Wildman–Crippen LogP) is 2.65. The van der Waals surface area contributed by atoms with Crippen LogP contribution in [-0.2, 0) is 16.0 Å². The standard InChI is InChI=1S/C15H20ClNO4/c1-15(2,8-7-14(19)20)17-13(18)9-10-11(16)5-4-6-12(10)21-3/h4-6H,7-9H2,1-3H3,(H,17,18)(H,19,20). The molecule has 1 rings (SSSR count). The molecule has 0 unspecified atom stereocenters. The lowest BCUT2D eigenvalue weighted by Gasteiger charge is -2.26. The Balaban J connectivity index is 2.72. The topological polar surface area (TPSA) is 75.6 Å². The van der Waals surface area contributed by atoms with Crippen LogP contribution >= 0.6 is 11.6 Å². The fraction of sp³-hybridized carbons (Fsp3) is 0.467. The van der Waals surface area contributed by atoms with E-state index in [9.17, 15) is 9.59 Å². The van der Waals surface area contributed by atoms with Crippen LogP contribution in [0.5, 0.6) is 5.75 Å². The van der Waals surface area contributed by atoms with Gasteiger partial charge in [-0.25, -0.2) is 0 Å². The van der Waals surface area contributed by atoms with Gasteiger partial charge in [0.05, 0.1) is 13.5 Å². The van der Waals surface area contributed by atoms with Crippen molar-refractivity contribution in [2.45, 2.75) is 38.6 Å². The van der Waals surface area contributed by atoms with Crippen molar-refractivity contribution in [3.8, 4) is 5.75 Å². The van der Waals surface area contributed by atoms with E-state index in [2.05, 4.69) is 5.32 Å². The van der Waals surface area contributed by atoms with Crippen molar-refractivity contribution >= 4 is 23.5 Å². The maximum absolute atomic E-state index is 12.1. The maximum Gasteiger partial charge on any atom is 0.303 e. The van der Waals surface area contributed by atoms with E-state index >= 15 is 0 Å². The molecule has 0 aromatic heterocycles. The lowest BCUT2D eigenvalue weighted by molar-refractivity contribution is -0.137. The summed E-state index contributed by atoms with van der Waals surface area (Å²) < 4.78 is 5.19. The third-order valence-electron chi connectivity index (χ3n) is 3.07. The monoisotopic (exact) mass is 313 g/mol. The number of hydrogen-bond acceptors (Lipinski definition) is 3. The van der Waals surface area contributed by atoms with Gasteiger partial charge in [0.15, 0.2) is 0 Å². The Kier molecular flexibility index (Phi) is 6.03. The average molecular weight is 314 g/mol. The molecule has 0 saturated carbocycles. The summed E-state index contributed by atoms with van der Waals surface area (Å²) in [6.07, 6.45) is 0.440. The van der Waals surface area contributed by atoms with Crippen molar-refractivity contribution in [3.05, 3.63) is 28.8 Å². The molecule has 0 aliphatic rings. The second kappa shape index (κ2) is 7.31. The molecule has 0 aliphatic carbocycles. The van der Waals surface area contributed by atoms with Gasteiger partial charge in [-0.1, -0.05) is 17.7 Å². The first-order valence-corrected chi connectivity index (χ1v) is 6.97. The molecule has 5 nitrogen and oxygen atoms in total. The molecule has 116 valence electrons. The van der Waals surface area contributed by atoms with Gasteiger partial charge in [-0.05, 0) is 32.4 Å². The number of benzene rings is 1. The summed E-state index contributed by atoms with van der Waals surface area (Å²) in [5.74, 6) is -0.553. The number of carbonyl (C=O) groups is 2. The summed E-state index contributed by atoms with van der Waals surface area (Å²) in [5.41, 5.74) is 0.0254. The zero-order chi connectivity index (χ0) is 16.0. The van der Waals surface area contributed by atoms with Crippen LogP contribution in [0.1, 0.15) is 32.3 Å². The molecule has 2 N–H and O–H groups in total. The van der Waals surface area contributed by atoms with Crippen LogP contribution in [0.4, 0.5) is 0 Å². The minimum Gasteiger partial charge on any atom is -0.496 e. The molecule has 6 heteroatoms. The summed E-state index contributed by atoms with van der Waals surface area (Å²) in [5, 5.41) is 12.0. The summed E-state index contributed by atoms with van der Waals surface area (Å²) in [4.78, 5) is 22.7. The molecule has 0 heterocycles. The first-order valence-electron chi connectivity index (χ1n) is 6.59. The van der Waals surface area contributed by atoms with Crippen molar-refractivity contribution in [1.29, 1.82) is 0 Å². The van der Waals surface area contributed by atoms with Crippen LogP contribution in [0.15, 0.2) is 18.2 Å². The van der Waals surface area contributed by atoms with Crippen LogP contribution in [0, 0.1) is 0 Å². The van der Waals surface area contributed by atoms with E-state index < -0.39 is 11.5 Å². The molecule has 0 atom stereocenters. The number of rotatable bonds is 7. The average Bonchev–Trinajstić information content (AvgIpc) is 2.38. The van der Waals surface area contributed by atoms with Gasteiger partial charge in [0.1, 0.15) is 5.75 Å². The molecule has 0 fully saturated rings. The Morgan fingerprint density at radius 2 is 2.05 bits per heavy atom. The van der Waals surface area contributed by atoms with Crippen molar-refractivity contribution in [2.24, 2.45) is 0 Å². The van der Waals surface area contributed by atoms with E-state index in [1.807, 2.05) is 0 Å². The van der Waals surface area contributed by atoms with Crippen LogP contribution in [-0.4, -0.2) is 29.6 Å². The first kappa shape index (κ1) is 17.3. The van der Waals surface area contributed by atoms with E-state index in [-0.39, 0.29) is 18.7 Å². The van der Waals surface area contributed by atoms with Crippen molar-refractivity contribution in [2.75, 3.05) is 7.11 Å². The maximum atomic E-state index is 12.1. The smallest absolute Gasteiger partial charge is 0.303 e. The Morgan fingerprint density at radius 1 is 1.38 bits per heavy atom. The molecular weight excluding hydrogens is 294 g/mol. The highest BCUT2D eigenvalue weighted by atomic mass is 35.5. The van der Waals surface area contributed by atoms with Gasteiger partial charge in [0.25, 0.3) is 0 Å². The van der Waals surface area contributed by atoms with Crippen LogP contribution in [0.25, 0.3) is 0 Å². The minimum absolute atomic E-state index is 0.00267. The quantitative estimate of drug-likeness (QED) is 0.811. The van der Waals surface area contributed by atoms with Gasteiger partial charge >= 0.3 is 5.97 Å². The van der Waals surface area contributed by atoms with Crippen LogP contribution in [0.2, 0.25) is 5.02 Å². The number of carboxylic acid groups (broad SMARTS) is 1. The number of carbonyl (C=O) groups excluding carboxylic acids is 1. The lowest BCUT2D eigenvalue weighted by atomic mass is 9.97. The Labute approximate surface area is 129 Å². The number of hydrogen-bond donors (Lipinski definition) is 2. The predicted molar refractivity (Wildman–Crippen MR) is 80.8 cm³/mol. The molecule has 0 bridgehead atoms. The summed E-state index contributed by atoms with van der Waals surface area (Å²) in [7, 11) is 1.52. The van der Waals surface area contributed by atoms with Crippen molar-refractivity contribution in [1.82, 2.24) is 5.32 Å². The third-order valence-corrected chi connectivity index (χ3v) is 3.43. The Bertz CT molecular complexity index is 528. The largest absolute Gasteiger partial charge is 0.496 e. The molecule has 0 aliphatic heterocycles. The molecular formula is C15H20ClNO4. The molecule has 1 amide bonds. The van der Waals surface area contributed by atoms with Gasteiger partial charge in [-0.2, -0.15) is 0 Å². The number of ether oxygens (including phenoxy) is 1. The number of carboxylic acids is 1. The van der Waals surface area contributed by atoms with E-state index in [0.717, 1.165) is 0 Å². The number of halogens is 1. The normalized spacial score (nSPS) is 11.0. The Hall–Kier alpha value is -1.75. The Morgan fingerprint density at radius 3 is 2.62 bits per heavy atom. The van der Waals surface area contributed by atoms with Gasteiger partial charge < -0.3 is 15.2 Å². The molecule has 0 spiro atoms. The fourth-order valence-corrected chi connectivity index (χ4v) is 2.20.